The second-order valence-corrected chi connectivity index (χ2v) is 4.72. The molecule has 1 atom stereocenters. The monoisotopic (exact) mass is 240 g/mol. The molecule has 1 aromatic carbocycles. The maximum absolute atomic E-state index is 12.0. The van der Waals surface area contributed by atoms with Crippen LogP contribution in [0.3, 0.4) is 0 Å². The van der Waals surface area contributed by atoms with E-state index in [9.17, 15) is 4.79 Å². The molecule has 18 heavy (non-hydrogen) atoms. The summed E-state index contributed by atoms with van der Waals surface area (Å²) in [5.74, 6) is 0. The lowest BCUT2D eigenvalue weighted by molar-refractivity contribution is 0.413. The van der Waals surface area contributed by atoms with E-state index in [1.54, 1.807) is 6.20 Å². The van der Waals surface area contributed by atoms with E-state index in [2.05, 4.69) is 20.6 Å². The minimum Gasteiger partial charge on any atom is -0.332 e. The largest absolute Gasteiger partial charge is 0.332 e. The first kappa shape index (κ1) is 9.70. The standard InChI is InChI=1S/C13H12N4O/c18-13-15-11-3-1-2-9-6-10(7-17(13)12(9)11)16-5-4-14-8-16/h1-5,8,10H,6-7H2,(H,15,18). The predicted molar refractivity (Wildman–Crippen MR) is 67.5 cm³/mol. The van der Waals surface area contributed by atoms with Gasteiger partial charge in [-0.3, -0.25) is 4.57 Å². The van der Waals surface area contributed by atoms with Gasteiger partial charge in [-0.2, -0.15) is 0 Å². The first-order valence-corrected chi connectivity index (χ1v) is 6.01. The second-order valence-electron chi connectivity index (χ2n) is 4.72. The van der Waals surface area contributed by atoms with Crippen molar-refractivity contribution in [3.63, 3.8) is 0 Å². The van der Waals surface area contributed by atoms with E-state index < -0.39 is 0 Å². The van der Waals surface area contributed by atoms with Crippen LogP contribution in [0, 0.1) is 0 Å². The van der Waals surface area contributed by atoms with Crippen molar-refractivity contribution in [2.24, 2.45) is 0 Å². The molecule has 5 heteroatoms. The highest BCUT2D eigenvalue weighted by Gasteiger charge is 2.23. The van der Waals surface area contributed by atoms with E-state index in [4.69, 9.17) is 0 Å². The summed E-state index contributed by atoms with van der Waals surface area (Å²) < 4.78 is 3.90. The molecule has 0 radical (unpaired) electrons. The van der Waals surface area contributed by atoms with Crippen LogP contribution in [0.15, 0.2) is 41.7 Å². The molecule has 0 saturated heterocycles. The molecule has 0 spiro atoms. The molecule has 2 aromatic heterocycles. The molecular weight excluding hydrogens is 228 g/mol. The van der Waals surface area contributed by atoms with Crippen LogP contribution in [-0.2, 0) is 13.0 Å². The topological polar surface area (TPSA) is 55.6 Å². The summed E-state index contributed by atoms with van der Waals surface area (Å²) in [6, 6.07) is 6.30. The van der Waals surface area contributed by atoms with Crippen molar-refractivity contribution in [2.75, 3.05) is 0 Å². The summed E-state index contributed by atoms with van der Waals surface area (Å²) in [5.41, 5.74) is 3.18. The number of aromatic nitrogens is 4. The highest BCUT2D eigenvalue weighted by molar-refractivity contribution is 5.79. The molecule has 0 fully saturated rings. The first-order chi connectivity index (χ1) is 8.83. The lowest BCUT2D eigenvalue weighted by Gasteiger charge is -2.24. The van der Waals surface area contributed by atoms with Gasteiger partial charge in [0.05, 0.1) is 23.4 Å². The van der Waals surface area contributed by atoms with Crippen molar-refractivity contribution in [2.45, 2.75) is 19.0 Å². The van der Waals surface area contributed by atoms with E-state index in [1.807, 2.05) is 29.2 Å². The smallest absolute Gasteiger partial charge is 0.326 e. The number of benzene rings is 1. The van der Waals surface area contributed by atoms with Gasteiger partial charge in [0.15, 0.2) is 0 Å². The van der Waals surface area contributed by atoms with Crippen LogP contribution >= 0.6 is 0 Å². The minimum atomic E-state index is -0.0257. The molecule has 1 aliphatic heterocycles. The number of nitrogens with zero attached hydrogens (tertiary/aromatic N) is 3. The lowest BCUT2D eigenvalue weighted by atomic mass is 10.0. The summed E-state index contributed by atoms with van der Waals surface area (Å²) in [7, 11) is 0. The van der Waals surface area contributed by atoms with Crippen molar-refractivity contribution >= 4 is 11.0 Å². The molecule has 1 unspecified atom stereocenters. The third-order valence-corrected chi connectivity index (χ3v) is 3.67. The number of imidazole rings is 2. The zero-order valence-corrected chi connectivity index (χ0v) is 9.71. The molecule has 90 valence electrons. The van der Waals surface area contributed by atoms with Crippen LogP contribution in [0.5, 0.6) is 0 Å². The molecule has 0 aliphatic carbocycles. The fourth-order valence-electron chi connectivity index (χ4n) is 2.85. The number of hydrogen-bond acceptors (Lipinski definition) is 2. The SMILES string of the molecule is O=c1[nH]c2cccc3c2n1CC(n1ccnc1)C3. The van der Waals surface area contributed by atoms with Gasteiger partial charge in [-0.15, -0.1) is 0 Å². The minimum absolute atomic E-state index is 0.0257. The van der Waals surface area contributed by atoms with E-state index in [0.717, 1.165) is 17.5 Å². The second kappa shape index (κ2) is 3.35. The van der Waals surface area contributed by atoms with Gasteiger partial charge in [-0.25, -0.2) is 9.78 Å². The first-order valence-electron chi connectivity index (χ1n) is 6.01. The Labute approximate surface area is 103 Å². The Morgan fingerprint density at radius 3 is 3.17 bits per heavy atom. The van der Waals surface area contributed by atoms with Crippen LogP contribution in [0.2, 0.25) is 0 Å². The number of H-pyrrole nitrogens is 1. The number of aromatic amines is 1. The zero-order chi connectivity index (χ0) is 12.1. The third-order valence-electron chi connectivity index (χ3n) is 3.67. The maximum Gasteiger partial charge on any atom is 0.326 e. The van der Waals surface area contributed by atoms with E-state index in [1.165, 1.54) is 5.56 Å². The van der Waals surface area contributed by atoms with Crippen molar-refractivity contribution in [3.05, 3.63) is 53.0 Å². The Morgan fingerprint density at radius 1 is 1.39 bits per heavy atom. The summed E-state index contributed by atoms with van der Waals surface area (Å²) in [6.45, 7) is 0.701. The van der Waals surface area contributed by atoms with E-state index >= 15 is 0 Å². The number of rotatable bonds is 1. The maximum atomic E-state index is 12.0. The summed E-state index contributed by atoms with van der Waals surface area (Å²) >= 11 is 0. The van der Waals surface area contributed by atoms with E-state index in [0.29, 0.717) is 6.54 Å². The Balaban J connectivity index is 1.93. The molecule has 3 aromatic rings. The van der Waals surface area contributed by atoms with Gasteiger partial charge >= 0.3 is 5.69 Å². The number of nitrogens with one attached hydrogen (secondary N) is 1. The quantitative estimate of drug-likeness (QED) is 0.697. The normalized spacial score (nSPS) is 18.3. The zero-order valence-electron chi connectivity index (χ0n) is 9.71. The summed E-state index contributed by atoms with van der Waals surface area (Å²) in [4.78, 5) is 18.9. The van der Waals surface area contributed by atoms with E-state index in [-0.39, 0.29) is 11.7 Å². The fourth-order valence-corrected chi connectivity index (χ4v) is 2.85. The van der Waals surface area contributed by atoms with Gasteiger partial charge in [-0.1, -0.05) is 12.1 Å². The van der Waals surface area contributed by atoms with Crippen molar-refractivity contribution in [1.82, 2.24) is 19.1 Å². The van der Waals surface area contributed by atoms with Crippen molar-refractivity contribution < 1.29 is 0 Å². The molecule has 1 aliphatic rings. The van der Waals surface area contributed by atoms with Gasteiger partial charge in [0.25, 0.3) is 0 Å². The van der Waals surface area contributed by atoms with Gasteiger partial charge in [-0.05, 0) is 18.1 Å². The highest BCUT2D eigenvalue weighted by atomic mass is 16.1. The van der Waals surface area contributed by atoms with Gasteiger partial charge in [0.1, 0.15) is 0 Å². The van der Waals surface area contributed by atoms with Crippen LogP contribution in [-0.4, -0.2) is 19.1 Å². The van der Waals surface area contributed by atoms with Crippen LogP contribution in [0.1, 0.15) is 11.6 Å². The van der Waals surface area contributed by atoms with Crippen molar-refractivity contribution in [3.8, 4) is 0 Å². The fraction of sp³-hybridized carbons (Fsp3) is 0.231. The Kier molecular flexibility index (Phi) is 1.81. The summed E-state index contributed by atoms with van der Waals surface area (Å²) in [5, 5.41) is 0. The number of para-hydroxylation sites is 1. The average Bonchev–Trinajstić information content (AvgIpc) is 3.00. The molecule has 3 heterocycles. The highest BCUT2D eigenvalue weighted by Crippen LogP contribution is 2.27. The Hall–Kier alpha value is -2.30. The van der Waals surface area contributed by atoms with Gasteiger partial charge in [0.2, 0.25) is 0 Å². The molecule has 5 nitrogen and oxygen atoms in total. The van der Waals surface area contributed by atoms with Crippen LogP contribution in [0.25, 0.3) is 11.0 Å². The summed E-state index contributed by atoms with van der Waals surface area (Å²) in [6.07, 6.45) is 6.47. The molecule has 0 amide bonds. The van der Waals surface area contributed by atoms with Gasteiger partial charge in [0, 0.05) is 18.9 Å². The molecule has 0 saturated carbocycles. The van der Waals surface area contributed by atoms with Gasteiger partial charge < -0.3 is 9.55 Å². The molecule has 0 bridgehead atoms. The third kappa shape index (κ3) is 1.21. The van der Waals surface area contributed by atoms with Crippen molar-refractivity contribution in [1.29, 1.82) is 0 Å². The van der Waals surface area contributed by atoms with Crippen LogP contribution in [0.4, 0.5) is 0 Å². The average molecular weight is 240 g/mol. The lowest BCUT2D eigenvalue weighted by Crippen LogP contribution is -2.28. The van der Waals surface area contributed by atoms with Crippen LogP contribution < -0.4 is 5.69 Å². The Bertz CT molecular complexity index is 766. The molecule has 4 rings (SSSR count). The predicted octanol–water partition coefficient (Wildman–Crippen LogP) is 1.32. The molecule has 1 N–H and O–H groups in total. The Morgan fingerprint density at radius 2 is 2.33 bits per heavy atom. The number of hydrogen-bond donors (Lipinski definition) is 1. The molecular formula is C13H12N4O.